The molecule has 0 bridgehead atoms. The Morgan fingerprint density at radius 2 is 1.62 bits per heavy atom. The van der Waals surface area contributed by atoms with Gasteiger partial charge in [-0.05, 0) is 56.7 Å². The topological polar surface area (TPSA) is 30.9 Å². The molecule has 2 aromatic carbocycles. The van der Waals surface area contributed by atoms with Crippen LogP contribution in [0.4, 0.5) is 17.1 Å². The van der Waals surface area contributed by atoms with Gasteiger partial charge in [0.15, 0.2) is 0 Å². The molecule has 2 aromatic rings. The molecule has 0 amide bonds. The Kier molecular flexibility index (Phi) is 7.27. The minimum absolute atomic E-state index is 1.01. The van der Waals surface area contributed by atoms with Gasteiger partial charge in [0, 0.05) is 44.1 Å². The van der Waals surface area contributed by atoms with Crippen LogP contribution in [0.3, 0.4) is 0 Å². The molecule has 0 aromatic heterocycles. The second-order valence-electron chi connectivity index (χ2n) is 6.00. The van der Waals surface area contributed by atoms with Crippen LogP contribution in [0.2, 0.25) is 0 Å². The van der Waals surface area contributed by atoms with Crippen molar-refractivity contribution in [3.05, 3.63) is 60.2 Å². The van der Waals surface area contributed by atoms with Gasteiger partial charge in [-0.2, -0.15) is 5.10 Å². The highest BCUT2D eigenvalue weighted by molar-refractivity contribution is 6.12. The molecule has 0 radical (unpaired) electrons. The van der Waals surface area contributed by atoms with Gasteiger partial charge in [-0.1, -0.05) is 24.3 Å². The van der Waals surface area contributed by atoms with Gasteiger partial charge in [-0.25, -0.2) is 0 Å². The number of para-hydroxylation sites is 1. The average molecular weight is 351 g/mol. The SMILES string of the molecule is C/C=C(/C=N\N(C)c1ccc(N(CC)CC)cc1)c1ccccc1NC. The second kappa shape index (κ2) is 9.66. The fourth-order valence-corrected chi connectivity index (χ4v) is 2.94. The maximum Gasteiger partial charge on any atom is 0.0592 e. The van der Waals surface area contributed by atoms with Crippen LogP contribution in [0.5, 0.6) is 0 Å². The van der Waals surface area contributed by atoms with Gasteiger partial charge in [0.25, 0.3) is 0 Å². The average Bonchev–Trinajstić information content (AvgIpc) is 2.70. The number of nitrogens with one attached hydrogen (secondary N) is 1. The normalized spacial score (nSPS) is 11.7. The molecule has 0 aliphatic heterocycles. The van der Waals surface area contributed by atoms with Crippen molar-refractivity contribution in [1.29, 1.82) is 0 Å². The van der Waals surface area contributed by atoms with E-state index in [0.29, 0.717) is 0 Å². The highest BCUT2D eigenvalue weighted by Gasteiger charge is 2.06. The maximum absolute atomic E-state index is 4.63. The Bertz CT molecular complexity index is 743. The van der Waals surface area contributed by atoms with Gasteiger partial charge in [-0.15, -0.1) is 0 Å². The largest absolute Gasteiger partial charge is 0.388 e. The number of benzene rings is 2. The number of anilines is 3. The minimum atomic E-state index is 1.01. The molecule has 0 saturated carbocycles. The smallest absolute Gasteiger partial charge is 0.0592 e. The van der Waals surface area contributed by atoms with Crippen LogP contribution in [0.15, 0.2) is 59.7 Å². The standard InChI is InChI=1S/C22H30N4/c1-6-18(21-11-9-10-12-22(21)23-4)17-24-25(5)19-13-15-20(16-14-19)26(7-2)8-3/h6,9-17,23H,7-8H2,1-5H3/b18-6-,24-17-. The number of hydrazone groups is 1. The van der Waals surface area contributed by atoms with Crippen molar-refractivity contribution < 1.29 is 0 Å². The van der Waals surface area contributed by atoms with E-state index in [0.717, 1.165) is 35.6 Å². The molecular weight excluding hydrogens is 320 g/mol. The van der Waals surface area contributed by atoms with E-state index in [2.05, 4.69) is 71.6 Å². The van der Waals surface area contributed by atoms with Gasteiger partial charge in [0.05, 0.1) is 11.9 Å². The molecule has 0 fully saturated rings. The quantitative estimate of drug-likeness (QED) is 0.531. The van der Waals surface area contributed by atoms with Crippen molar-refractivity contribution >= 4 is 28.8 Å². The molecular formula is C22H30N4. The summed E-state index contributed by atoms with van der Waals surface area (Å²) >= 11 is 0. The third kappa shape index (κ3) is 4.66. The molecule has 1 N–H and O–H groups in total. The van der Waals surface area contributed by atoms with Crippen LogP contribution in [0, 0.1) is 0 Å². The summed E-state index contributed by atoms with van der Waals surface area (Å²) in [5.41, 5.74) is 5.63. The summed E-state index contributed by atoms with van der Waals surface area (Å²) in [7, 11) is 3.91. The third-order valence-corrected chi connectivity index (χ3v) is 4.54. The van der Waals surface area contributed by atoms with E-state index in [9.17, 15) is 0 Å². The van der Waals surface area contributed by atoms with Gasteiger partial charge < -0.3 is 10.2 Å². The predicted molar refractivity (Wildman–Crippen MR) is 117 cm³/mol. The number of nitrogens with zero attached hydrogens (tertiary/aromatic N) is 3. The molecule has 4 heteroatoms. The van der Waals surface area contributed by atoms with Crippen LogP contribution in [-0.4, -0.2) is 33.4 Å². The van der Waals surface area contributed by atoms with E-state index in [-0.39, 0.29) is 0 Å². The van der Waals surface area contributed by atoms with E-state index in [4.69, 9.17) is 0 Å². The first-order valence-electron chi connectivity index (χ1n) is 9.20. The van der Waals surface area contributed by atoms with Crippen molar-refractivity contribution in [2.75, 3.05) is 42.4 Å². The summed E-state index contributed by atoms with van der Waals surface area (Å²) in [4.78, 5) is 2.33. The fourth-order valence-electron chi connectivity index (χ4n) is 2.94. The van der Waals surface area contributed by atoms with E-state index in [1.54, 1.807) is 0 Å². The maximum atomic E-state index is 4.63. The van der Waals surface area contributed by atoms with Crippen LogP contribution in [0.25, 0.3) is 5.57 Å². The van der Waals surface area contributed by atoms with Crippen molar-refractivity contribution in [2.24, 2.45) is 5.10 Å². The van der Waals surface area contributed by atoms with Crippen molar-refractivity contribution in [1.82, 2.24) is 0 Å². The molecule has 0 atom stereocenters. The molecule has 4 nitrogen and oxygen atoms in total. The first-order chi connectivity index (χ1) is 12.6. The number of hydrogen-bond acceptors (Lipinski definition) is 4. The zero-order valence-corrected chi connectivity index (χ0v) is 16.5. The van der Waals surface area contributed by atoms with E-state index >= 15 is 0 Å². The van der Waals surface area contributed by atoms with Crippen molar-refractivity contribution in [3.8, 4) is 0 Å². The molecule has 0 saturated heterocycles. The zero-order chi connectivity index (χ0) is 18.9. The predicted octanol–water partition coefficient (Wildman–Crippen LogP) is 5.10. The molecule has 0 spiro atoms. The summed E-state index contributed by atoms with van der Waals surface area (Å²) in [6.45, 7) is 8.41. The van der Waals surface area contributed by atoms with Crippen LogP contribution in [-0.2, 0) is 0 Å². The van der Waals surface area contributed by atoms with Crippen molar-refractivity contribution in [3.63, 3.8) is 0 Å². The summed E-state index contributed by atoms with van der Waals surface area (Å²) in [5.74, 6) is 0. The molecule has 0 aliphatic rings. The van der Waals surface area contributed by atoms with Gasteiger partial charge >= 0.3 is 0 Å². The Morgan fingerprint density at radius 3 is 2.19 bits per heavy atom. The minimum Gasteiger partial charge on any atom is -0.388 e. The zero-order valence-electron chi connectivity index (χ0n) is 16.5. The van der Waals surface area contributed by atoms with Crippen LogP contribution < -0.4 is 15.2 Å². The third-order valence-electron chi connectivity index (χ3n) is 4.54. The van der Waals surface area contributed by atoms with Crippen molar-refractivity contribution in [2.45, 2.75) is 20.8 Å². The lowest BCUT2D eigenvalue weighted by Gasteiger charge is -2.22. The summed E-state index contributed by atoms with van der Waals surface area (Å²) < 4.78 is 0. The summed E-state index contributed by atoms with van der Waals surface area (Å²) in [5, 5.41) is 9.77. The van der Waals surface area contributed by atoms with E-state index < -0.39 is 0 Å². The lowest BCUT2D eigenvalue weighted by molar-refractivity contribution is 0.866. The number of hydrogen-bond donors (Lipinski definition) is 1. The highest BCUT2D eigenvalue weighted by Crippen LogP contribution is 2.23. The molecule has 138 valence electrons. The Hall–Kier alpha value is -2.75. The van der Waals surface area contributed by atoms with E-state index in [1.807, 2.05) is 44.4 Å². The fraction of sp³-hybridized carbons (Fsp3) is 0.318. The van der Waals surface area contributed by atoms with Crippen LogP contribution in [0.1, 0.15) is 26.3 Å². The first-order valence-corrected chi connectivity index (χ1v) is 9.20. The van der Waals surface area contributed by atoms with Gasteiger partial charge in [0.2, 0.25) is 0 Å². The molecule has 2 rings (SSSR count). The molecule has 26 heavy (non-hydrogen) atoms. The number of rotatable bonds is 8. The van der Waals surface area contributed by atoms with Crippen LogP contribution >= 0.6 is 0 Å². The Labute approximate surface area is 157 Å². The lowest BCUT2D eigenvalue weighted by Crippen LogP contribution is -2.21. The first kappa shape index (κ1) is 19.6. The van der Waals surface area contributed by atoms with Gasteiger partial charge in [0.1, 0.15) is 0 Å². The molecule has 0 heterocycles. The highest BCUT2D eigenvalue weighted by atomic mass is 15.4. The molecule has 0 aliphatic carbocycles. The number of allylic oxidation sites excluding steroid dienone is 2. The molecule has 0 unspecified atom stereocenters. The lowest BCUT2D eigenvalue weighted by atomic mass is 10.0. The second-order valence-corrected chi connectivity index (χ2v) is 6.00. The summed E-state index contributed by atoms with van der Waals surface area (Å²) in [6.07, 6.45) is 3.99. The Morgan fingerprint density at radius 1 is 1.00 bits per heavy atom. The monoisotopic (exact) mass is 350 g/mol. The van der Waals surface area contributed by atoms with E-state index in [1.165, 1.54) is 5.69 Å². The Balaban J connectivity index is 2.16. The van der Waals surface area contributed by atoms with Gasteiger partial charge in [-0.3, -0.25) is 5.01 Å². The summed E-state index contributed by atoms with van der Waals surface area (Å²) in [6, 6.07) is 16.8.